The molecule has 2 aromatic rings. The second-order valence-corrected chi connectivity index (χ2v) is 6.07. The van der Waals surface area contributed by atoms with Crippen LogP contribution in [0.3, 0.4) is 0 Å². The van der Waals surface area contributed by atoms with Crippen molar-refractivity contribution in [1.29, 1.82) is 0 Å². The average molecular weight is 313 g/mol. The highest BCUT2D eigenvalue weighted by molar-refractivity contribution is 5.32. The maximum Gasteiger partial charge on any atom is 0.118 e. The van der Waals surface area contributed by atoms with Crippen molar-refractivity contribution in [2.24, 2.45) is 0 Å². The Morgan fingerprint density at radius 1 is 1.04 bits per heavy atom. The second-order valence-electron chi connectivity index (χ2n) is 6.07. The maximum absolute atomic E-state index is 10.3. The summed E-state index contributed by atoms with van der Waals surface area (Å²) in [6.07, 6.45) is -0.902. The smallest absolute Gasteiger partial charge is 0.118 e. The molecular formula is C19H23NO3. The zero-order valence-electron chi connectivity index (χ0n) is 13.2. The molecule has 4 nitrogen and oxygen atoms in total. The number of aliphatic hydroxyl groups is 2. The van der Waals surface area contributed by atoms with Gasteiger partial charge in [0.25, 0.3) is 0 Å². The zero-order valence-corrected chi connectivity index (χ0v) is 13.2. The van der Waals surface area contributed by atoms with Crippen molar-refractivity contribution in [2.75, 3.05) is 7.11 Å². The van der Waals surface area contributed by atoms with Gasteiger partial charge in [0.2, 0.25) is 0 Å². The van der Waals surface area contributed by atoms with Gasteiger partial charge in [-0.3, -0.25) is 0 Å². The monoisotopic (exact) mass is 313 g/mol. The van der Waals surface area contributed by atoms with E-state index in [0.29, 0.717) is 13.0 Å². The Kier molecular flexibility index (Phi) is 4.96. The molecule has 122 valence electrons. The fraction of sp³-hybridized carbons (Fsp3) is 0.368. The highest BCUT2D eigenvalue weighted by atomic mass is 16.5. The summed E-state index contributed by atoms with van der Waals surface area (Å²) in [5, 5.41) is 23.8. The van der Waals surface area contributed by atoms with Gasteiger partial charge in [-0.05, 0) is 29.7 Å². The van der Waals surface area contributed by atoms with Crippen molar-refractivity contribution >= 4 is 0 Å². The maximum atomic E-state index is 10.3. The first-order valence-corrected chi connectivity index (χ1v) is 7.96. The molecule has 0 aliphatic heterocycles. The van der Waals surface area contributed by atoms with Gasteiger partial charge in [-0.15, -0.1) is 0 Å². The molecule has 1 aliphatic carbocycles. The van der Waals surface area contributed by atoms with Crippen LogP contribution in [0.5, 0.6) is 5.75 Å². The van der Waals surface area contributed by atoms with Crippen molar-refractivity contribution in [2.45, 2.75) is 37.1 Å². The number of nitrogens with one attached hydrogen (secondary N) is 1. The molecule has 0 heterocycles. The van der Waals surface area contributed by atoms with Crippen molar-refractivity contribution in [1.82, 2.24) is 5.32 Å². The minimum Gasteiger partial charge on any atom is -0.497 e. The Morgan fingerprint density at radius 3 is 2.39 bits per heavy atom. The molecule has 4 unspecified atom stereocenters. The van der Waals surface area contributed by atoms with E-state index >= 15 is 0 Å². The average Bonchev–Trinajstić information content (AvgIpc) is 2.89. The molecule has 0 bridgehead atoms. The van der Waals surface area contributed by atoms with Crippen LogP contribution in [0.1, 0.15) is 23.5 Å². The molecule has 3 N–H and O–H groups in total. The fourth-order valence-electron chi connectivity index (χ4n) is 3.31. The molecular weight excluding hydrogens is 290 g/mol. The quantitative estimate of drug-likeness (QED) is 0.791. The van der Waals surface area contributed by atoms with Gasteiger partial charge >= 0.3 is 0 Å². The van der Waals surface area contributed by atoms with Crippen LogP contribution in [0, 0.1) is 0 Å². The van der Waals surface area contributed by atoms with E-state index < -0.39 is 12.2 Å². The van der Waals surface area contributed by atoms with E-state index in [1.165, 1.54) is 0 Å². The molecule has 1 fully saturated rings. The topological polar surface area (TPSA) is 61.7 Å². The van der Waals surface area contributed by atoms with Crippen LogP contribution in [-0.4, -0.2) is 35.6 Å². The third-order valence-corrected chi connectivity index (χ3v) is 4.62. The Balaban J connectivity index is 1.74. The van der Waals surface area contributed by atoms with Gasteiger partial charge in [0, 0.05) is 18.5 Å². The summed E-state index contributed by atoms with van der Waals surface area (Å²) in [5.41, 5.74) is 2.27. The molecule has 3 rings (SSSR count). The Bertz CT molecular complexity index is 614. The van der Waals surface area contributed by atoms with Crippen LogP contribution in [0.2, 0.25) is 0 Å². The summed E-state index contributed by atoms with van der Waals surface area (Å²) in [6.45, 7) is 0.669. The molecule has 0 spiro atoms. The van der Waals surface area contributed by atoms with E-state index in [9.17, 15) is 10.2 Å². The lowest BCUT2D eigenvalue weighted by Crippen LogP contribution is -2.41. The molecule has 1 saturated carbocycles. The van der Waals surface area contributed by atoms with Crippen LogP contribution < -0.4 is 10.1 Å². The third-order valence-electron chi connectivity index (χ3n) is 4.62. The number of benzene rings is 2. The molecule has 23 heavy (non-hydrogen) atoms. The standard InChI is InChI=1S/C19H23NO3/c1-23-15-9-7-14(8-10-15)16-11-17(21)19(22)18(16)20-12-13-5-3-2-4-6-13/h2-10,16-22H,11-12H2,1H3. The van der Waals surface area contributed by atoms with E-state index in [0.717, 1.165) is 16.9 Å². The molecule has 2 aromatic carbocycles. The molecule has 0 radical (unpaired) electrons. The van der Waals surface area contributed by atoms with Gasteiger partial charge < -0.3 is 20.3 Å². The van der Waals surface area contributed by atoms with Crippen molar-refractivity contribution < 1.29 is 14.9 Å². The molecule has 0 amide bonds. The van der Waals surface area contributed by atoms with Crippen molar-refractivity contribution in [3.8, 4) is 5.75 Å². The highest BCUT2D eigenvalue weighted by Crippen LogP contribution is 2.36. The van der Waals surface area contributed by atoms with E-state index in [1.807, 2.05) is 54.6 Å². The van der Waals surface area contributed by atoms with Gasteiger partial charge in [-0.2, -0.15) is 0 Å². The summed E-state index contributed by atoms with van der Waals surface area (Å²) in [6, 6.07) is 17.8. The summed E-state index contributed by atoms with van der Waals surface area (Å²) < 4.78 is 5.19. The first-order valence-electron chi connectivity index (χ1n) is 7.96. The summed E-state index contributed by atoms with van der Waals surface area (Å²) >= 11 is 0. The Hall–Kier alpha value is -1.88. The minimum absolute atomic E-state index is 0.0784. The van der Waals surface area contributed by atoms with E-state index in [2.05, 4.69) is 5.32 Å². The molecule has 0 aromatic heterocycles. The lowest BCUT2D eigenvalue weighted by Gasteiger charge is -2.24. The number of hydrogen-bond donors (Lipinski definition) is 3. The number of hydrogen-bond acceptors (Lipinski definition) is 4. The lowest BCUT2D eigenvalue weighted by atomic mass is 9.93. The van der Waals surface area contributed by atoms with Crippen LogP contribution >= 0.6 is 0 Å². The molecule has 4 atom stereocenters. The number of methoxy groups -OCH3 is 1. The molecule has 1 aliphatic rings. The first-order chi connectivity index (χ1) is 11.2. The molecule has 0 saturated heterocycles. The Morgan fingerprint density at radius 2 is 1.74 bits per heavy atom. The normalized spacial score (nSPS) is 27.1. The fourth-order valence-corrected chi connectivity index (χ4v) is 3.31. The predicted octanol–water partition coefficient (Wildman–Crippen LogP) is 2.06. The summed E-state index contributed by atoms with van der Waals surface area (Å²) in [4.78, 5) is 0. The first kappa shape index (κ1) is 16.0. The van der Waals surface area contributed by atoms with Gasteiger partial charge in [-0.25, -0.2) is 0 Å². The SMILES string of the molecule is COc1ccc(C2CC(O)C(O)C2NCc2ccccc2)cc1. The zero-order chi connectivity index (χ0) is 16.2. The van der Waals surface area contributed by atoms with Crippen molar-refractivity contribution in [3.63, 3.8) is 0 Å². The molecule has 4 heteroatoms. The number of ether oxygens (including phenoxy) is 1. The largest absolute Gasteiger partial charge is 0.497 e. The lowest BCUT2D eigenvalue weighted by molar-refractivity contribution is 0.0297. The van der Waals surface area contributed by atoms with Gasteiger partial charge in [0.05, 0.1) is 19.3 Å². The van der Waals surface area contributed by atoms with Gasteiger partial charge in [0.15, 0.2) is 0 Å². The highest BCUT2D eigenvalue weighted by Gasteiger charge is 2.41. The van der Waals surface area contributed by atoms with Crippen molar-refractivity contribution in [3.05, 3.63) is 65.7 Å². The van der Waals surface area contributed by atoms with Gasteiger partial charge in [-0.1, -0.05) is 42.5 Å². The Labute approximate surface area is 136 Å². The van der Waals surface area contributed by atoms with E-state index in [4.69, 9.17) is 4.74 Å². The summed E-state index contributed by atoms with van der Waals surface area (Å²) in [5.74, 6) is 0.885. The van der Waals surface area contributed by atoms with Crippen LogP contribution in [-0.2, 0) is 6.54 Å². The summed E-state index contributed by atoms with van der Waals surface area (Å²) in [7, 11) is 1.64. The minimum atomic E-state index is -0.759. The van der Waals surface area contributed by atoms with Crippen LogP contribution in [0.25, 0.3) is 0 Å². The van der Waals surface area contributed by atoms with E-state index in [1.54, 1.807) is 7.11 Å². The number of aliphatic hydroxyl groups excluding tert-OH is 2. The number of rotatable bonds is 5. The van der Waals surface area contributed by atoms with E-state index in [-0.39, 0.29) is 12.0 Å². The second kappa shape index (κ2) is 7.13. The van der Waals surface area contributed by atoms with Crippen LogP contribution in [0.15, 0.2) is 54.6 Å². The van der Waals surface area contributed by atoms with Crippen LogP contribution in [0.4, 0.5) is 0 Å². The van der Waals surface area contributed by atoms with Gasteiger partial charge in [0.1, 0.15) is 5.75 Å². The third kappa shape index (κ3) is 3.55. The predicted molar refractivity (Wildman–Crippen MR) is 89.4 cm³/mol.